The van der Waals surface area contributed by atoms with Crippen LogP contribution in [0, 0.1) is 17.8 Å². The van der Waals surface area contributed by atoms with Crippen molar-refractivity contribution in [1.82, 2.24) is 0 Å². The highest BCUT2D eigenvalue weighted by Gasteiger charge is 2.59. The molecule has 1 saturated carbocycles. The van der Waals surface area contributed by atoms with Crippen molar-refractivity contribution in [3.63, 3.8) is 0 Å². The second kappa shape index (κ2) is 5.93. The summed E-state index contributed by atoms with van der Waals surface area (Å²) in [6.45, 7) is 6.60. The van der Waals surface area contributed by atoms with E-state index in [9.17, 15) is 9.59 Å². The van der Waals surface area contributed by atoms with Gasteiger partial charge in [0.25, 0.3) is 0 Å². The number of rotatable bonds is 5. The molecule has 5 heteroatoms. The average Bonchev–Trinajstić information content (AvgIpc) is 2.92. The van der Waals surface area contributed by atoms with Crippen molar-refractivity contribution >= 4 is 20.1 Å². The molecule has 0 unspecified atom stereocenters. The molecule has 4 nitrogen and oxygen atoms in total. The predicted octanol–water partition coefficient (Wildman–Crippen LogP) is 3.08. The van der Waals surface area contributed by atoms with Gasteiger partial charge in [-0.3, -0.25) is 9.59 Å². The molecular weight excluding hydrogens is 296 g/mol. The van der Waals surface area contributed by atoms with Gasteiger partial charge in [0.1, 0.15) is 6.10 Å². The lowest BCUT2D eigenvalue weighted by Gasteiger charge is -2.34. The first-order valence-electron chi connectivity index (χ1n) is 8.64. The Morgan fingerprint density at radius 2 is 1.91 bits per heavy atom. The van der Waals surface area contributed by atoms with Gasteiger partial charge < -0.3 is 9.16 Å². The van der Waals surface area contributed by atoms with Gasteiger partial charge in [0.15, 0.2) is 14.1 Å². The summed E-state index contributed by atoms with van der Waals surface area (Å²) in [6, 6.07) is 3.23. The maximum atomic E-state index is 12.6. The summed E-state index contributed by atoms with van der Waals surface area (Å²) in [5.74, 6) is -0.298. The largest absolute Gasteiger partial charge is 0.462 e. The molecule has 3 rings (SSSR count). The average molecular weight is 322 g/mol. The van der Waals surface area contributed by atoms with Gasteiger partial charge in [-0.2, -0.15) is 0 Å². The maximum absolute atomic E-state index is 12.6. The molecule has 2 aliphatic carbocycles. The number of ether oxygens (including phenoxy) is 1. The number of esters is 1. The molecule has 1 aliphatic heterocycles. The molecule has 2 fully saturated rings. The van der Waals surface area contributed by atoms with E-state index in [0.29, 0.717) is 12.8 Å². The third kappa shape index (κ3) is 2.38. The van der Waals surface area contributed by atoms with Crippen LogP contribution in [0.3, 0.4) is 0 Å². The summed E-state index contributed by atoms with van der Waals surface area (Å²) < 4.78 is 12.2. The van der Waals surface area contributed by atoms with Gasteiger partial charge >= 0.3 is 5.97 Å². The Labute approximate surface area is 133 Å². The van der Waals surface area contributed by atoms with Crippen LogP contribution in [0.25, 0.3) is 0 Å². The van der Waals surface area contributed by atoms with Gasteiger partial charge in [-0.1, -0.05) is 26.8 Å². The van der Waals surface area contributed by atoms with Gasteiger partial charge in [-0.15, -0.1) is 0 Å². The zero-order valence-electron chi connectivity index (χ0n) is 13.7. The third-order valence-corrected chi connectivity index (χ3v) is 10.7. The van der Waals surface area contributed by atoms with Crippen molar-refractivity contribution in [2.24, 2.45) is 17.8 Å². The van der Waals surface area contributed by atoms with E-state index in [1.54, 1.807) is 6.08 Å². The number of hydrogen-bond acceptors (Lipinski definition) is 4. The molecule has 1 saturated heterocycles. The van der Waals surface area contributed by atoms with Crippen LogP contribution >= 0.6 is 0 Å². The van der Waals surface area contributed by atoms with E-state index in [4.69, 9.17) is 9.16 Å². The summed E-state index contributed by atoms with van der Waals surface area (Å²) in [4.78, 5) is 24.6. The highest BCUT2D eigenvalue weighted by atomic mass is 28.4. The highest BCUT2D eigenvalue weighted by Crippen LogP contribution is 2.49. The van der Waals surface area contributed by atoms with E-state index < -0.39 is 8.32 Å². The van der Waals surface area contributed by atoms with Crippen molar-refractivity contribution in [2.45, 2.75) is 64.0 Å². The molecule has 0 aromatic carbocycles. The van der Waals surface area contributed by atoms with Gasteiger partial charge in [0.2, 0.25) is 0 Å². The zero-order chi connectivity index (χ0) is 15.9. The zero-order valence-corrected chi connectivity index (χ0v) is 14.7. The van der Waals surface area contributed by atoms with Gasteiger partial charge in [0.05, 0.1) is 17.9 Å². The molecule has 0 aromatic rings. The fraction of sp³-hybridized carbons (Fsp3) is 0.765. The molecule has 0 amide bonds. The van der Waals surface area contributed by atoms with E-state index >= 15 is 0 Å². The maximum Gasteiger partial charge on any atom is 0.309 e. The fourth-order valence-electron chi connectivity index (χ4n) is 4.55. The molecule has 0 bridgehead atoms. The summed E-state index contributed by atoms with van der Waals surface area (Å²) in [5, 5.41) is 0. The van der Waals surface area contributed by atoms with Crippen LogP contribution in [0.2, 0.25) is 18.1 Å². The lowest BCUT2D eigenvalue weighted by molar-refractivity contribution is -0.144. The molecule has 5 atom stereocenters. The number of allylic oxidation sites excluding steroid dienone is 2. The van der Waals surface area contributed by atoms with E-state index in [2.05, 4.69) is 20.8 Å². The monoisotopic (exact) mass is 322 g/mol. The number of ketones is 1. The van der Waals surface area contributed by atoms with Crippen LogP contribution in [0.1, 0.15) is 33.6 Å². The second-order valence-electron chi connectivity index (χ2n) is 6.86. The van der Waals surface area contributed by atoms with Crippen LogP contribution in [0.5, 0.6) is 0 Å². The molecule has 0 N–H and O–H groups in total. The van der Waals surface area contributed by atoms with Crippen molar-refractivity contribution in [3.8, 4) is 0 Å². The minimum atomic E-state index is -1.77. The Kier molecular flexibility index (Phi) is 4.29. The lowest BCUT2D eigenvalue weighted by Crippen LogP contribution is -2.43. The van der Waals surface area contributed by atoms with E-state index in [-0.39, 0.29) is 41.7 Å². The summed E-state index contributed by atoms with van der Waals surface area (Å²) in [5.41, 5.74) is 0. The first-order chi connectivity index (χ1) is 10.5. The molecular formula is C17H26O4Si. The van der Waals surface area contributed by atoms with Crippen molar-refractivity contribution in [1.29, 1.82) is 0 Å². The predicted molar refractivity (Wildman–Crippen MR) is 85.8 cm³/mol. The molecule has 122 valence electrons. The standard InChI is InChI=1S/C17H26O4Si/c1-4-22(5-2,6-3)21-14-10-13-15-11(17(19)20-13)8-7-9-12(18)16(14)15/h7,9,11,13-16H,4-6,8,10H2,1-3H3/t11-,13-,14+,15-,16+/m0/s1. The van der Waals surface area contributed by atoms with Crippen molar-refractivity contribution < 1.29 is 18.8 Å². The first kappa shape index (κ1) is 15.9. The number of carbonyl (C=O) groups excluding carboxylic acids is 2. The number of carbonyl (C=O) groups is 2. The Bertz CT molecular complexity index is 489. The Morgan fingerprint density at radius 3 is 2.55 bits per heavy atom. The van der Waals surface area contributed by atoms with Crippen LogP contribution in [-0.4, -0.2) is 32.3 Å². The SMILES string of the molecule is CC[Si](CC)(CC)O[C@@H]1C[C@@H]2OC(=O)[C@H]3CC=CC(=O)[C@H]1[C@H]23. The Morgan fingerprint density at radius 1 is 1.23 bits per heavy atom. The summed E-state index contributed by atoms with van der Waals surface area (Å²) in [6.07, 6.45) is 4.66. The lowest BCUT2D eigenvalue weighted by atomic mass is 9.82. The first-order valence-corrected chi connectivity index (χ1v) is 11.2. The van der Waals surface area contributed by atoms with E-state index in [1.807, 2.05) is 6.08 Å². The highest BCUT2D eigenvalue weighted by molar-refractivity contribution is 6.73. The molecule has 0 aromatic heterocycles. The fourth-order valence-corrected chi connectivity index (χ4v) is 7.44. The molecule has 3 aliphatic rings. The van der Waals surface area contributed by atoms with Crippen LogP contribution in [-0.2, 0) is 18.8 Å². The minimum absolute atomic E-state index is 0.0252. The van der Waals surface area contributed by atoms with Crippen LogP contribution < -0.4 is 0 Å². The smallest absolute Gasteiger partial charge is 0.309 e. The Balaban J connectivity index is 1.87. The van der Waals surface area contributed by atoms with Gasteiger partial charge in [0, 0.05) is 12.3 Å². The van der Waals surface area contributed by atoms with Crippen molar-refractivity contribution in [2.75, 3.05) is 0 Å². The topological polar surface area (TPSA) is 52.6 Å². The van der Waals surface area contributed by atoms with Crippen LogP contribution in [0.4, 0.5) is 0 Å². The normalized spacial score (nSPS) is 37.1. The van der Waals surface area contributed by atoms with Crippen molar-refractivity contribution in [3.05, 3.63) is 12.2 Å². The minimum Gasteiger partial charge on any atom is -0.462 e. The van der Waals surface area contributed by atoms with Crippen LogP contribution in [0.15, 0.2) is 12.2 Å². The Hall–Kier alpha value is -0.943. The molecule has 1 heterocycles. The molecule has 0 spiro atoms. The summed E-state index contributed by atoms with van der Waals surface area (Å²) in [7, 11) is -1.77. The second-order valence-corrected chi connectivity index (χ2v) is 11.6. The number of hydrogen-bond donors (Lipinski definition) is 0. The van der Waals surface area contributed by atoms with E-state index in [0.717, 1.165) is 18.1 Å². The summed E-state index contributed by atoms with van der Waals surface area (Å²) >= 11 is 0. The van der Waals surface area contributed by atoms with Gasteiger partial charge in [-0.05, 0) is 30.6 Å². The quantitative estimate of drug-likeness (QED) is 0.576. The van der Waals surface area contributed by atoms with Gasteiger partial charge in [-0.25, -0.2) is 0 Å². The van der Waals surface area contributed by atoms with E-state index in [1.165, 1.54) is 0 Å². The molecule has 0 radical (unpaired) electrons. The molecule has 22 heavy (non-hydrogen) atoms. The third-order valence-electron chi connectivity index (χ3n) is 6.08.